The van der Waals surface area contributed by atoms with Crippen LogP contribution in [0.25, 0.3) is 6.08 Å². The van der Waals surface area contributed by atoms with E-state index in [0.29, 0.717) is 41.7 Å². The van der Waals surface area contributed by atoms with Gasteiger partial charge in [0.1, 0.15) is 0 Å². The summed E-state index contributed by atoms with van der Waals surface area (Å²) in [5.41, 5.74) is 2.58. The van der Waals surface area contributed by atoms with E-state index in [1.807, 2.05) is 55.5 Å². The van der Waals surface area contributed by atoms with E-state index in [1.165, 1.54) is 0 Å². The Morgan fingerprint density at radius 1 is 1.06 bits per heavy atom. The molecule has 0 fully saturated rings. The van der Waals surface area contributed by atoms with Crippen LogP contribution in [0.1, 0.15) is 28.4 Å². The number of nitrogens with one attached hydrogen (secondary N) is 2. The molecule has 1 aliphatic rings. The van der Waals surface area contributed by atoms with E-state index in [4.69, 9.17) is 14.2 Å². The van der Waals surface area contributed by atoms with E-state index in [0.717, 1.165) is 11.1 Å². The summed E-state index contributed by atoms with van der Waals surface area (Å²) in [6, 6.07) is 19.9. The molecule has 7 heteroatoms. The molecular weight excluding hydrogens is 420 g/mol. The van der Waals surface area contributed by atoms with Gasteiger partial charge in [-0.2, -0.15) is 0 Å². The Labute approximate surface area is 192 Å². The molecule has 0 spiro atoms. The third-order valence-electron chi connectivity index (χ3n) is 5.01. The Morgan fingerprint density at radius 2 is 1.88 bits per heavy atom. The van der Waals surface area contributed by atoms with Crippen molar-refractivity contribution >= 4 is 23.6 Å². The van der Waals surface area contributed by atoms with E-state index in [2.05, 4.69) is 10.6 Å². The quantitative estimate of drug-likeness (QED) is 0.528. The molecule has 3 aromatic carbocycles. The molecule has 0 saturated carbocycles. The molecule has 0 aliphatic carbocycles. The van der Waals surface area contributed by atoms with Gasteiger partial charge < -0.3 is 24.8 Å². The number of hydrogen-bond acceptors (Lipinski definition) is 5. The van der Waals surface area contributed by atoms with Crippen molar-refractivity contribution < 1.29 is 23.8 Å². The number of fused-ring (bicyclic) bond motifs is 1. The van der Waals surface area contributed by atoms with Crippen LogP contribution in [0.15, 0.2) is 72.5 Å². The minimum Gasteiger partial charge on any atom is -0.493 e. The highest BCUT2D eigenvalue weighted by atomic mass is 16.5. The maximum atomic E-state index is 12.7. The molecule has 0 bridgehead atoms. The summed E-state index contributed by atoms with van der Waals surface area (Å²) in [5.74, 6) is 1.29. The van der Waals surface area contributed by atoms with Crippen molar-refractivity contribution in [1.29, 1.82) is 0 Å². The average molecular weight is 444 g/mol. The van der Waals surface area contributed by atoms with Gasteiger partial charge >= 0.3 is 0 Å². The van der Waals surface area contributed by atoms with E-state index >= 15 is 0 Å². The predicted octanol–water partition coefficient (Wildman–Crippen LogP) is 4.40. The molecule has 4 rings (SSSR count). The highest BCUT2D eigenvalue weighted by Gasteiger charge is 2.23. The fourth-order valence-electron chi connectivity index (χ4n) is 3.38. The Kier molecular flexibility index (Phi) is 6.59. The van der Waals surface area contributed by atoms with Crippen LogP contribution in [-0.2, 0) is 11.3 Å². The molecule has 1 heterocycles. The van der Waals surface area contributed by atoms with Crippen LogP contribution in [0.2, 0.25) is 0 Å². The number of anilines is 1. The van der Waals surface area contributed by atoms with Gasteiger partial charge in [0.25, 0.3) is 11.8 Å². The van der Waals surface area contributed by atoms with Crippen molar-refractivity contribution in [2.24, 2.45) is 0 Å². The van der Waals surface area contributed by atoms with Crippen LogP contribution >= 0.6 is 0 Å². The summed E-state index contributed by atoms with van der Waals surface area (Å²) in [4.78, 5) is 25.1. The van der Waals surface area contributed by atoms with Crippen LogP contribution in [-0.4, -0.2) is 25.5 Å². The molecule has 3 aromatic rings. The highest BCUT2D eigenvalue weighted by molar-refractivity contribution is 6.09. The van der Waals surface area contributed by atoms with E-state index in [9.17, 15) is 9.59 Å². The molecule has 0 radical (unpaired) electrons. The molecule has 2 amide bonds. The fourth-order valence-corrected chi connectivity index (χ4v) is 3.38. The second-order valence-electron chi connectivity index (χ2n) is 7.29. The summed E-state index contributed by atoms with van der Waals surface area (Å²) in [6.07, 6.45) is 1.67. The largest absolute Gasteiger partial charge is 0.493 e. The number of benzene rings is 3. The van der Waals surface area contributed by atoms with Gasteiger partial charge in [0.05, 0.1) is 19.4 Å². The predicted molar refractivity (Wildman–Crippen MR) is 125 cm³/mol. The molecule has 7 nitrogen and oxygen atoms in total. The lowest BCUT2D eigenvalue weighted by Crippen LogP contribution is -2.25. The zero-order valence-corrected chi connectivity index (χ0v) is 18.4. The Morgan fingerprint density at radius 3 is 2.64 bits per heavy atom. The fraction of sp³-hybridized carbons (Fsp3) is 0.154. The van der Waals surface area contributed by atoms with Gasteiger partial charge in [-0.3, -0.25) is 9.59 Å². The maximum absolute atomic E-state index is 12.7. The zero-order valence-electron chi connectivity index (χ0n) is 18.4. The minimum atomic E-state index is -0.370. The van der Waals surface area contributed by atoms with Crippen molar-refractivity contribution in [1.82, 2.24) is 5.32 Å². The summed E-state index contributed by atoms with van der Waals surface area (Å²) in [6.45, 7) is 2.75. The molecular formula is C26H24N2O5. The lowest BCUT2D eigenvalue weighted by Gasteiger charge is -2.20. The summed E-state index contributed by atoms with van der Waals surface area (Å²) >= 11 is 0. The first kappa shape index (κ1) is 22.0. The van der Waals surface area contributed by atoms with Crippen LogP contribution < -0.4 is 24.8 Å². The lowest BCUT2D eigenvalue weighted by molar-refractivity contribution is -0.115. The summed E-state index contributed by atoms with van der Waals surface area (Å²) in [7, 11) is 1.57. The van der Waals surface area contributed by atoms with Crippen molar-refractivity contribution in [3.05, 3.63) is 89.2 Å². The first-order chi connectivity index (χ1) is 16.1. The van der Waals surface area contributed by atoms with Gasteiger partial charge in [0, 0.05) is 12.1 Å². The van der Waals surface area contributed by atoms with Crippen LogP contribution in [0.3, 0.4) is 0 Å². The Balaban J connectivity index is 1.44. The third kappa shape index (κ3) is 5.15. The number of carbonyl (C=O) groups excluding carboxylic acids is 2. The third-order valence-corrected chi connectivity index (χ3v) is 5.01. The molecule has 0 aromatic heterocycles. The lowest BCUT2D eigenvalue weighted by atomic mass is 10.1. The minimum absolute atomic E-state index is 0.190. The van der Waals surface area contributed by atoms with Crippen molar-refractivity contribution in [3.8, 4) is 17.2 Å². The SMILES string of the molecule is CCOc1ccc(CNC(=O)c2ccc3c(c2)NC(=O)/C(=C\c2ccccc2)O3)cc1OC. The van der Waals surface area contributed by atoms with Crippen molar-refractivity contribution in [3.63, 3.8) is 0 Å². The van der Waals surface area contributed by atoms with Gasteiger partial charge in [-0.05, 0) is 54.5 Å². The molecule has 0 unspecified atom stereocenters. The highest BCUT2D eigenvalue weighted by Crippen LogP contribution is 2.32. The van der Waals surface area contributed by atoms with Gasteiger partial charge in [-0.15, -0.1) is 0 Å². The number of hydrogen-bond donors (Lipinski definition) is 2. The summed E-state index contributed by atoms with van der Waals surface area (Å²) in [5, 5.41) is 5.67. The average Bonchev–Trinajstić information content (AvgIpc) is 2.84. The number of rotatable bonds is 7. The van der Waals surface area contributed by atoms with Gasteiger partial charge in [-0.25, -0.2) is 0 Å². The van der Waals surface area contributed by atoms with Crippen LogP contribution in [0.5, 0.6) is 17.2 Å². The van der Waals surface area contributed by atoms with Crippen LogP contribution in [0.4, 0.5) is 5.69 Å². The second-order valence-corrected chi connectivity index (χ2v) is 7.29. The Hall–Kier alpha value is -4.26. The maximum Gasteiger partial charge on any atom is 0.291 e. The summed E-state index contributed by atoms with van der Waals surface area (Å²) < 4.78 is 16.6. The van der Waals surface area contributed by atoms with Gasteiger partial charge in [0.15, 0.2) is 23.0 Å². The standard InChI is InChI=1S/C26H24N2O5/c1-3-32-22-11-9-18(14-23(22)31-2)16-27-25(29)19-10-12-21-20(15-19)28-26(30)24(33-21)13-17-7-5-4-6-8-17/h4-15H,3,16H2,1-2H3,(H,27,29)(H,28,30)/b24-13+. The number of methoxy groups -OCH3 is 1. The molecule has 168 valence electrons. The topological polar surface area (TPSA) is 85.9 Å². The number of ether oxygens (including phenoxy) is 3. The second kappa shape index (κ2) is 9.91. The normalized spacial score (nSPS) is 13.5. The monoisotopic (exact) mass is 444 g/mol. The first-order valence-corrected chi connectivity index (χ1v) is 10.5. The van der Waals surface area contributed by atoms with E-state index in [-0.39, 0.29) is 17.6 Å². The number of carbonyl (C=O) groups is 2. The molecule has 1 aliphatic heterocycles. The smallest absolute Gasteiger partial charge is 0.291 e. The zero-order chi connectivity index (χ0) is 23.2. The molecule has 0 saturated heterocycles. The number of amides is 2. The molecule has 0 atom stereocenters. The van der Waals surface area contributed by atoms with Crippen LogP contribution in [0, 0.1) is 0 Å². The van der Waals surface area contributed by atoms with Gasteiger partial charge in [0.2, 0.25) is 0 Å². The van der Waals surface area contributed by atoms with Crippen molar-refractivity contribution in [2.45, 2.75) is 13.5 Å². The van der Waals surface area contributed by atoms with Crippen molar-refractivity contribution in [2.75, 3.05) is 19.0 Å². The van der Waals surface area contributed by atoms with Gasteiger partial charge in [-0.1, -0.05) is 36.4 Å². The van der Waals surface area contributed by atoms with E-state index < -0.39 is 0 Å². The first-order valence-electron chi connectivity index (χ1n) is 10.5. The Bertz CT molecular complexity index is 1200. The van der Waals surface area contributed by atoms with E-state index in [1.54, 1.807) is 31.4 Å². The molecule has 2 N–H and O–H groups in total. The molecule has 33 heavy (non-hydrogen) atoms.